The van der Waals surface area contributed by atoms with Crippen molar-refractivity contribution in [1.29, 1.82) is 0 Å². The van der Waals surface area contributed by atoms with Crippen molar-refractivity contribution >= 4 is 23.0 Å². The number of non-ortho nitro benzene ring substituents is 1. The van der Waals surface area contributed by atoms with Gasteiger partial charge in [-0.1, -0.05) is 18.2 Å². The predicted octanol–water partition coefficient (Wildman–Crippen LogP) is 2.35. The minimum absolute atomic E-state index is 0.181. The van der Waals surface area contributed by atoms with E-state index in [2.05, 4.69) is 11.9 Å². The van der Waals surface area contributed by atoms with Crippen LogP contribution in [0.3, 0.4) is 0 Å². The number of rotatable bonds is 6. The van der Waals surface area contributed by atoms with Gasteiger partial charge in [-0.3, -0.25) is 20.2 Å². The van der Waals surface area contributed by atoms with Crippen molar-refractivity contribution in [3.8, 4) is 0 Å². The molecule has 7 nitrogen and oxygen atoms in total. The Morgan fingerprint density at radius 3 is 2.50 bits per heavy atom. The van der Waals surface area contributed by atoms with Gasteiger partial charge in [-0.2, -0.15) is 0 Å². The molecule has 0 aliphatic rings. The second kappa shape index (κ2) is 6.08. The SMILES string of the molecule is C=C(Cl)CNCc1ccc([N+](=O)[O-])cc1[N+](=O)[O-]. The molecule has 0 radical (unpaired) electrons. The molecule has 0 unspecified atom stereocenters. The second-order valence-corrected chi connectivity index (χ2v) is 3.98. The largest absolute Gasteiger partial charge is 0.307 e. The molecular formula is C10H10ClN3O4. The van der Waals surface area contributed by atoms with E-state index in [0.717, 1.165) is 6.07 Å². The molecule has 0 spiro atoms. The van der Waals surface area contributed by atoms with Gasteiger partial charge in [0.2, 0.25) is 0 Å². The van der Waals surface area contributed by atoms with Gasteiger partial charge in [0, 0.05) is 29.8 Å². The monoisotopic (exact) mass is 271 g/mol. The van der Waals surface area contributed by atoms with Gasteiger partial charge in [0.25, 0.3) is 11.4 Å². The van der Waals surface area contributed by atoms with Crippen LogP contribution in [0.4, 0.5) is 11.4 Å². The Kier molecular flexibility index (Phi) is 4.75. The van der Waals surface area contributed by atoms with Crippen molar-refractivity contribution in [3.05, 3.63) is 55.6 Å². The molecule has 1 rings (SSSR count). The van der Waals surface area contributed by atoms with Crippen molar-refractivity contribution < 1.29 is 9.85 Å². The number of nitro benzene ring substituents is 2. The van der Waals surface area contributed by atoms with Gasteiger partial charge in [-0.25, -0.2) is 0 Å². The molecule has 0 aromatic heterocycles. The Labute approximate surface area is 107 Å². The molecule has 18 heavy (non-hydrogen) atoms. The van der Waals surface area contributed by atoms with Gasteiger partial charge in [0.15, 0.2) is 0 Å². The van der Waals surface area contributed by atoms with Crippen molar-refractivity contribution in [2.75, 3.05) is 6.54 Å². The van der Waals surface area contributed by atoms with Gasteiger partial charge in [-0.05, 0) is 6.07 Å². The lowest BCUT2D eigenvalue weighted by molar-refractivity contribution is -0.394. The van der Waals surface area contributed by atoms with Crippen LogP contribution in [0, 0.1) is 20.2 Å². The van der Waals surface area contributed by atoms with Crippen LogP contribution in [0.25, 0.3) is 0 Å². The molecule has 1 aromatic carbocycles. The quantitative estimate of drug-likeness (QED) is 0.632. The Morgan fingerprint density at radius 1 is 1.33 bits per heavy atom. The number of hydrogen-bond acceptors (Lipinski definition) is 5. The van der Waals surface area contributed by atoms with E-state index >= 15 is 0 Å². The summed E-state index contributed by atoms with van der Waals surface area (Å²) in [5.74, 6) is 0. The number of hydrogen-bond donors (Lipinski definition) is 1. The van der Waals surface area contributed by atoms with Crippen molar-refractivity contribution in [2.45, 2.75) is 6.54 Å². The standard InChI is InChI=1S/C10H10ClN3O4/c1-7(11)5-12-6-8-2-3-9(13(15)16)4-10(8)14(17)18/h2-4,12H,1,5-6H2. The molecule has 0 aliphatic carbocycles. The molecule has 0 atom stereocenters. The van der Waals surface area contributed by atoms with E-state index in [1.807, 2.05) is 0 Å². The van der Waals surface area contributed by atoms with E-state index < -0.39 is 9.85 Å². The van der Waals surface area contributed by atoms with Crippen LogP contribution in [-0.4, -0.2) is 16.4 Å². The van der Waals surface area contributed by atoms with Crippen LogP contribution < -0.4 is 5.32 Å². The third kappa shape index (κ3) is 3.79. The minimum Gasteiger partial charge on any atom is -0.307 e. The summed E-state index contributed by atoms with van der Waals surface area (Å²) in [6.45, 7) is 3.94. The predicted molar refractivity (Wildman–Crippen MR) is 66.5 cm³/mol. The molecule has 8 heteroatoms. The third-order valence-electron chi connectivity index (χ3n) is 2.11. The van der Waals surface area contributed by atoms with Crippen LogP contribution in [0.2, 0.25) is 0 Å². The van der Waals surface area contributed by atoms with E-state index in [1.165, 1.54) is 12.1 Å². The van der Waals surface area contributed by atoms with Gasteiger partial charge >= 0.3 is 0 Å². The fourth-order valence-electron chi connectivity index (χ4n) is 1.32. The summed E-state index contributed by atoms with van der Waals surface area (Å²) in [6.07, 6.45) is 0. The first-order valence-electron chi connectivity index (χ1n) is 4.87. The number of halogens is 1. The summed E-state index contributed by atoms with van der Waals surface area (Å²) in [6, 6.07) is 3.51. The first-order valence-corrected chi connectivity index (χ1v) is 5.25. The zero-order valence-corrected chi connectivity index (χ0v) is 10.0. The van der Waals surface area contributed by atoms with Crippen LogP contribution in [0.5, 0.6) is 0 Å². The lowest BCUT2D eigenvalue weighted by Gasteiger charge is -2.04. The van der Waals surface area contributed by atoms with E-state index in [9.17, 15) is 20.2 Å². The summed E-state index contributed by atoms with van der Waals surface area (Å²) in [5.41, 5.74) is -0.257. The molecule has 1 N–H and O–H groups in total. The molecule has 0 fully saturated rings. The van der Waals surface area contributed by atoms with Crippen LogP contribution in [-0.2, 0) is 6.54 Å². The Bertz CT molecular complexity index is 504. The van der Waals surface area contributed by atoms with E-state index in [-0.39, 0.29) is 17.9 Å². The first-order chi connectivity index (χ1) is 8.41. The normalized spacial score (nSPS) is 10.1. The maximum absolute atomic E-state index is 10.8. The number of nitrogens with one attached hydrogen (secondary N) is 1. The van der Waals surface area contributed by atoms with Gasteiger partial charge in [-0.15, -0.1) is 0 Å². The molecule has 0 bridgehead atoms. The second-order valence-electron chi connectivity index (χ2n) is 3.45. The third-order valence-corrected chi connectivity index (χ3v) is 2.24. The molecule has 1 aromatic rings. The topological polar surface area (TPSA) is 98.3 Å². The Morgan fingerprint density at radius 2 is 2.00 bits per heavy atom. The van der Waals surface area contributed by atoms with E-state index in [0.29, 0.717) is 17.1 Å². The summed E-state index contributed by atoms with van der Waals surface area (Å²) in [5, 5.41) is 24.5. The van der Waals surface area contributed by atoms with Gasteiger partial charge < -0.3 is 5.32 Å². The molecule has 0 aliphatic heterocycles. The highest BCUT2D eigenvalue weighted by Gasteiger charge is 2.18. The molecule has 0 saturated heterocycles. The van der Waals surface area contributed by atoms with Crippen LogP contribution in [0.15, 0.2) is 29.8 Å². The molecular weight excluding hydrogens is 262 g/mol. The number of benzene rings is 1. The van der Waals surface area contributed by atoms with E-state index in [1.54, 1.807) is 0 Å². The summed E-state index contributed by atoms with van der Waals surface area (Å²) >= 11 is 5.53. The fourth-order valence-corrected chi connectivity index (χ4v) is 1.41. The Balaban J connectivity index is 2.93. The maximum Gasteiger partial charge on any atom is 0.280 e. The maximum atomic E-state index is 10.8. The van der Waals surface area contributed by atoms with Crippen molar-refractivity contribution in [2.24, 2.45) is 0 Å². The van der Waals surface area contributed by atoms with Crippen molar-refractivity contribution in [1.82, 2.24) is 5.32 Å². The fraction of sp³-hybridized carbons (Fsp3) is 0.200. The zero-order chi connectivity index (χ0) is 13.7. The highest BCUT2D eigenvalue weighted by molar-refractivity contribution is 6.29. The number of nitro groups is 2. The average molecular weight is 272 g/mol. The van der Waals surface area contributed by atoms with Gasteiger partial charge in [0.1, 0.15) is 0 Å². The molecule has 0 saturated carbocycles. The highest BCUT2D eigenvalue weighted by Crippen LogP contribution is 2.24. The summed E-state index contributed by atoms with van der Waals surface area (Å²) < 4.78 is 0. The van der Waals surface area contributed by atoms with E-state index in [4.69, 9.17) is 11.6 Å². The average Bonchev–Trinajstić information content (AvgIpc) is 2.28. The summed E-state index contributed by atoms with van der Waals surface area (Å²) in [7, 11) is 0. The number of nitrogens with zero attached hydrogens (tertiary/aromatic N) is 2. The zero-order valence-electron chi connectivity index (χ0n) is 9.26. The Hall–Kier alpha value is -1.99. The van der Waals surface area contributed by atoms with Crippen LogP contribution >= 0.6 is 11.6 Å². The minimum atomic E-state index is -0.676. The highest BCUT2D eigenvalue weighted by atomic mass is 35.5. The molecule has 0 amide bonds. The smallest absolute Gasteiger partial charge is 0.280 e. The first kappa shape index (κ1) is 14.1. The van der Waals surface area contributed by atoms with Gasteiger partial charge in [0.05, 0.1) is 15.9 Å². The van der Waals surface area contributed by atoms with Crippen molar-refractivity contribution in [3.63, 3.8) is 0 Å². The lowest BCUT2D eigenvalue weighted by atomic mass is 10.1. The summed E-state index contributed by atoms with van der Waals surface area (Å²) in [4.78, 5) is 20.0. The lowest BCUT2D eigenvalue weighted by Crippen LogP contribution is -2.15. The van der Waals surface area contributed by atoms with Crippen LogP contribution in [0.1, 0.15) is 5.56 Å². The molecule has 96 valence electrons. The molecule has 0 heterocycles.